The lowest BCUT2D eigenvalue weighted by Gasteiger charge is -2.44. The lowest BCUT2D eigenvalue weighted by Crippen LogP contribution is -2.30. The molecule has 3 aliphatic carbocycles. The van der Waals surface area contributed by atoms with Crippen LogP contribution < -0.4 is 0 Å². The van der Waals surface area contributed by atoms with Gasteiger partial charge in [-0.1, -0.05) is 138 Å². The highest BCUT2D eigenvalue weighted by molar-refractivity contribution is 7.60. The predicted octanol–water partition coefficient (Wildman–Crippen LogP) is 9.47. The third-order valence-corrected chi connectivity index (χ3v) is 12.6. The van der Waals surface area contributed by atoms with Gasteiger partial charge in [0.05, 0.1) is 0 Å². The van der Waals surface area contributed by atoms with E-state index in [4.69, 9.17) is 0 Å². The van der Waals surface area contributed by atoms with E-state index in [0.29, 0.717) is 11.8 Å². The molecule has 5 rings (SSSR count). The van der Waals surface area contributed by atoms with Crippen molar-refractivity contribution in [2.45, 2.75) is 94.0 Å². The molecule has 0 aliphatic heterocycles. The van der Waals surface area contributed by atoms with Gasteiger partial charge < -0.3 is 0 Å². The molecule has 2 aromatic rings. The maximum absolute atomic E-state index is 2.65. The zero-order valence-corrected chi connectivity index (χ0v) is 21.3. The normalized spacial score (nSPS) is 23.2. The van der Waals surface area contributed by atoms with E-state index in [1.54, 1.807) is 5.57 Å². The van der Waals surface area contributed by atoms with Crippen LogP contribution in [0.1, 0.15) is 88.2 Å². The zero-order chi connectivity index (χ0) is 22.5. The minimum Gasteiger partial charge on any atom is -0.0965 e. The molecule has 2 fully saturated rings. The molecular formula is C32H41P. The van der Waals surface area contributed by atoms with E-state index in [2.05, 4.69) is 85.8 Å². The molecule has 0 nitrogen and oxygen atoms in total. The Balaban J connectivity index is 1.47. The maximum Gasteiger partial charge on any atom is 0.0308 e. The third-order valence-electron chi connectivity index (χ3n) is 8.57. The summed E-state index contributed by atoms with van der Waals surface area (Å²) in [6.07, 6.45) is 22.3. The highest BCUT2D eigenvalue weighted by Gasteiger charge is 2.40. The van der Waals surface area contributed by atoms with Crippen molar-refractivity contribution in [1.82, 2.24) is 0 Å². The largest absolute Gasteiger partial charge is 0.0965 e. The van der Waals surface area contributed by atoms with Crippen molar-refractivity contribution in [2.24, 2.45) is 5.92 Å². The summed E-state index contributed by atoms with van der Waals surface area (Å²) in [5.74, 6) is 0.954. The number of hydrogen-bond acceptors (Lipinski definition) is 0. The van der Waals surface area contributed by atoms with Gasteiger partial charge in [0, 0.05) is 11.8 Å². The third kappa shape index (κ3) is 5.22. The van der Waals surface area contributed by atoms with Crippen LogP contribution in [0.15, 0.2) is 84.5 Å². The molecule has 0 N–H and O–H groups in total. The van der Waals surface area contributed by atoms with Crippen molar-refractivity contribution in [3.8, 4) is 0 Å². The Kier molecular flexibility index (Phi) is 7.83. The van der Waals surface area contributed by atoms with Crippen LogP contribution in [0.25, 0.3) is 0 Å². The van der Waals surface area contributed by atoms with Gasteiger partial charge in [-0.2, -0.15) is 0 Å². The average molecular weight is 457 g/mol. The van der Waals surface area contributed by atoms with Crippen molar-refractivity contribution < 1.29 is 0 Å². The van der Waals surface area contributed by atoms with Gasteiger partial charge in [0.15, 0.2) is 0 Å². The van der Waals surface area contributed by atoms with Gasteiger partial charge in [-0.3, -0.25) is 0 Å². The molecule has 2 saturated carbocycles. The van der Waals surface area contributed by atoms with Gasteiger partial charge in [-0.15, -0.1) is 0 Å². The molecular weight excluding hydrogens is 415 g/mol. The number of allylic oxidation sites excluding steroid dienone is 4. The van der Waals surface area contributed by atoms with E-state index in [9.17, 15) is 0 Å². The Morgan fingerprint density at radius 3 is 1.64 bits per heavy atom. The van der Waals surface area contributed by atoms with Crippen LogP contribution in [-0.2, 0) is 0 Å². The lowest BCUT2D eigenvalue weighted by molar-refractivity contribution is 0.478. The molecule has 3 aliphatic rings. The van der Waals surface area contributed by atoms with Gasteiger partial charge in [-0.25, -0.2) is 0 Å². The summed E-state index contributed by atoms with van der Waals surface area (Å²) < 4.78 is 0. The van der Waals surface area contributed by atoms with Crippen LogP contribution >= 0.6 is 7.92 Å². The number of hydrogen-bond donors (Lipinski definition) is 0. The van der Waals surface area contributed by atoms with Gasteiger partial charge in [0.2, 0.25) is 0 Å². The van der Waals surface area contributed by atoms with E-state index >= 15 is 0 Å². The van der Waals surface area contributed by atoms with Crippen molar-refractivity contribution >= 4 is 7.92 Å². The lowest BCUT2D eigenvalue weighted by atomic mass is 9.79. The summed E-state index contributed by atoms with van der Waals surface area (Å²) in [5, 5.41) is 0. The number of rotatable bonds is 7. The second-order valence-corrected chi connectivity index (χ2v) is 13.8. The SMILES string of the molecule is C[C@H]([C@@H]1C=CC=C1C(c1ccccc1)c1ccccc1)P(C1CCCCC1)C1CCCCC1. The van der Waals surface area contributed by atoms with E-state index < -0.39 is 0 Å². The second kappa shape index (κ2) is 11.2. The highest BCUT2D eigenvalue weighted by Crippen LogP contribution is 2.62. The van der Waals surface area contributed by atoms with Crippen molar-refractivity contribution in [3.63, 3.8) is 0 Å². The molecule has 33 heavy (non-hydrogen) atoms. The van der Waals surface area contributed by atoms with E-state index in [1.807, 2.05) is 0 Å². The first-order chi connectivity index (χ1) is 16.3. The monoisotopic (exact) mass is 456 g/mol. The first kappa shape index (κ1) is 23.1. The topological polar surface area (TPSA) is 0 Å². The molecule has 0 unspecified atom stereocenters. The summed E-state index contributed by atoms with van der Waals surface area (Å²) in [7, 11) is 0.0495. The molecule has 0 amide bonds. The van der Waals surface area contributed by atoms with E-state index in [1.165, 1.54) is 75.3 Å². The second-order valence-electron chi connectivity index (χ2n) is 10.6. The van der Waals surface area contributed by atoms with E-state index in [0.717, 1.165) is 17.0 Å². The fourth-order valence-electron chi connectivity index (χ4n) is 7.01. The molecule has 0 aromatic heterocycles. The maximum atomic E-state index is 2.65. The van der Waals surface area contributed by atoms with Crippen LogP contribution in [-0.4, -0.2) is 17.0 Å². The van der Waals surface area contributed by atoms with Crippen LogP contribution in [0.4, 0.5) is 0 Å². The first-order valence-electron chi connectivity index (χ1n) is 13.6. The minimum absolute atomic E-state index is 0.0495. The standard InChI is InChI=1S/C32H41P/c1-25(33(28-19-10-4-11-20-28)29-21-12-5-13-22-29)30-23-14-24-31(30)32(26-15-6-2-7-16-26)27-17-8-3-9-18-27/h2-3,6-9,14-18,23-25,28-30,32H,4-5,10-13,19-22H2,1H3/t25-,30+/m1/s1. The van der Waals surface area contributed by atoms with Gasteiger partial charge in [0.25, 0.3) is 0 Å². The smallest absolute Gasteiger partial charge is 0.0308 e. The molecule has 1 heteroatoms. The minimum atomic E-state index is 0.0495. The Labute approximate surface area is 203 Å². The predicted molar refractivity (Wildman–Crippen MR) is 146 cm³/mol. The molecule has 0 bridgehead atoms. The van der Waals surface area contributed by atoms with Crippen LogP contribution in [0, 0.1) is 5.92 Å². The average Bonchev–Trinajstić information content (AvgIpc) is 3.36. The van der Waals surface area contributed by atoms with Gasteiger partial charge in [0.1, 0.15) is 0 Å². The molecule has 0 spiro atoms. The summed E-state index contributed by atoms with van der Waals surface area (Å²) in [6, 6.07) is 22.5. The van der Waals surface area contributed by atoms with Gasteiger partial charge >= 0.3 is 0 Å². The fraction of sp³-hybridized carbons (Fsp3) is 0.500. The Bertz CT molecular complexity index is 858. The van der Waals surface area contributed by atoms with Crippen LogP contribution in [0.3, 0.4) is 0 Å². The van der Waals surface area contributed by atoms with Crippen LogP contribution in [0.2, 0.25) is 0 Å². The molecule has 0 heterocycles. The van der Waals surface area contributed by atoms with Crippen molar-refractivity contribution in [3.05, 3.63) is 95.6 Å². The van der Waals surface area contributed by atoms with Crippen molar-refractivity contribution in [2.75, 3.05) is 0 Å². The Morgan fingerprint density at radius 2 is 1.15 bits per heavy atom. The van der Waals surface area contributed by atoms with E-state index in [-0.39, 0.29) is 7.92 Å². The molecule has 0 radical (unpaired) electrons. The summed E-state index contributed by atoms with van der Waals surface area (Å²) in [6.45, 7) is 2.65. The number of benzene rings is 2. The summed E-state index contributed by atoms with van der Waals surface area (Å²) in [4.78, 5) is 0. The Hall–Kier alpha value is -1.65. The summed E-state index contributed by atoms with van der Waals surface area (Å²) >= 11 is 0. The zero-order valence-electron chi connectivity index (χ0n) is 20.4. The molecule has 2 aromatic carbocycles. The first-order valence-corrected chi connectivity index (χ1v) is 15.1. The van der Waals surface area contributed by atoms with Crippen molar-refractivity contribution in [1.29, 1.82) is 0 Å². The quantitative estimate of drug-likeness (QED) is 0.364. The molecule has 2 atom stereocenters. The molecule has 174 valence electrons. The summed E-state index contributed by atoms with van der Waals surface area (Å²) in [5.41, 5.74) is 7.32. The molecule has 0 saturated heterocycles. The fourth-order valence-corrected chi connectivity index (χ4v) is 11.5. The Morgan fingerprint density at radius 1 is 0.667 bits per heavy atom. The highest BCUT2D eigenvalue weighted by atomic mass is 31.1. The van der Waals surface area contributed by atoms with Crippen LogP contribution in [0.5, 0.6) is 0 Å². The van der Waals surface area contributed by atoms with Gasteiger partial charge in [-0.05, 0) is 53.8 Å².